The summed E-state index contributed by atoms with van der Waals surface area (Å²) in [6.07, 6.45) is 2.21. The molecule has 0 aliphatic rings. The predicted molar refractivity (Wildman–Crippen MR) is 51.9 cm³/mol. The minimum atomic E-state index is -0.366. The van der Waals surface area contributed by atoms with Crippen LogP contribution >= 0.6 is 0 Å². The molecule has 0 saturated carbocycles. The molecule has 0 radical (unpaired) electrons. The third-order valence-electron chi connectivity index (χ3n) is 2.00. The maximum Gasteiger partial charge on any atom is 0.147 e. The minimum absolute atomic E-state index is 0.358. The molecule has 0 atom stereocenters. The maximum absolute atomic E-state index is 5.31. The van der Waals surface area contributed by atoms with Gasteiger partial charge in [0.2, 0.25) is 0 Å². The molecule has 0 aliphatic carbocycles. The second-order valence-corrected chi connectivity index (χ2v) is 4.24. The summed E-state index contributed by atoms with van der Waals surface area (Å²) in [6.45, 7) is 6.22. The standard InChI is InChI=1S/C8H18O3Si/c1-5-11-7-6-8(9-2,10-3)12-4/h5H,1,6-7,12H2,2-4H3. The molecule has 0 aromatic carbocycles. The van der Waals surface area contributed by atoms with E-state index in [4.69, 9.17) is 14.2 Å². The SMILES string of the molecule is C=COCCC(OC)(OC)[SiH2]C. The van der Waals surface area contributed by atoms with Crippen LogP contribution in [0.5, 0.6) is 0 Å². The van der Waals surface area contributed by atoms with Gasteiger partial charge >= 0.3 is 0 Å². The van der Waals surface area contributed by atoms with Gasteiger partial charge in [0, 0.05) is 20.6 Å². The van der Waals surface area contributed by atoms with Crippen LogP contribution < -0.4 is 0 Å². The second kappa shape index (κ2) is 6.22. The van der Waals surface area contributed by atoms with Crippen molar-refractivity contribution < 1.29 is 14.2 Å². The third kappa shape index (κ3) is 3.38. The molecule has 0 rings (SSSR count). The van der Waals surface area contributed by atoms with Crippen molar-refractivity contribution in [3.05, 3.63) is 12.8 Å². The van der Waals surface area contributed by atoms with E-state index in [9.17, 15) is 0 Å². The van der Waals surface area contributed by atoms with Crippen LogP contribution in [0.4, 0.5) is 0 Å². The Hall–Kier alpha value is -0.323. The van der Waals surface area contributed by atoms with E-state index in [1.807, 2.05) is 0 Å². The topological polar surface area (TPSA) is 27.7 Å². The first-order valence-corrected chi connectivity index (χ1v) is 6.19. The largest absolute Gasteiger partial charge is 0.502 e. The van der Waals surface area contributed by atoms with Crippen molar-refractivity contribution in [1.82, 2.24) is 0 Å². The van der Waals surface area contributed by atoms with Gasteiger partial charge in [0.15, 0.2) is 0 Å². The van der Waals surface area contributed by atoms with Crippen molar-refractivity contribution >= 4 is 9.52 Å². The highest BCUT2D eigenvalue weighted by atomic mass is 28.2. The van der Waals surface area contributed by atoms with E-state index in [2.05, 4.69) is 13.1 Å². The minimum Gasteiger partial charge on any atom is -0.502 e. The molecular weight excluding hydrogens is 172 g/mol. The lowest BCUT2D eigenvalue weighted by Crippen LogP contribution is -2.40. The van der Waals surface area contributed by atoms with Crippen LogP contribution in [0.1, 0.15) is 6.42 Å². The van der Waals surface area contributed by atoms with E-state index < -0.39 is 0 Å². The van der Waals surface area contributed by atoms with Crippen molar-refractivity contribution in [2.45, 2.75) is 18.4 Å². The van der Waals surface area contributed by atoms with Gasteiger partial charge in [0.05, 0.1) is 22.4 Å². The van der Waals surface area contributed by atoms with E-state index in [-0.39, 0.29) is 14.9 Å². The maximum atomic E-state index is 5.31. The Morgan fingerprint density at radius 1 is 1.42 bits per heavy atom. The summed E-state index contributed by atoms with van der Waals surface area (Å²) in [4.78, 5) is 0. The molecule has 3 nitrogen and oxygen atoms in total. The summed E-state index contributed by atoms with van der Waals surface area (Å²) in [5, 5.41) is 0. The smallest absolute Gasteiger partial charge is 0.147 e. The second-order valence-electron chi connectivity index (χ2n) is 2.46. The number of hydrogen-bond donors (Lipinski definition) is 0. The molecule has 0 fully saturated rings. The van der Waals surface area contributed by atoms with E-state index in [1.54, 1.807) is 14.2 Å². The highest BCUT2D eigenvalue weighted by molar-refractivity contribution is 6.37. The predicted octanol–water partition coefficient (Wildman–Crippen LogP) is 0.700. The van der Waals surface area contributed by atoms with E-state index in [0.717, 1.165) is 6.42 Å². The Bertz CT molecular complexity index is 115. The summed E-state index contributed by atoms with van der Waals surface area (Å²) in [5.74, 6) is 0. The van der Waals surface area contributed by atoms with Crippen molar-refractivity contribution in [2.75, 3.05) is 20.8 Å². The zero-order valence-corrected chi connectivity index (χ0v) is 9.54. The molecular formula is C8H18O3Si. The van der Waals surface area contributed by atoms with Gasteiger partial charge in [-0.15, -0.1) is 0 Å². The molecule has 0 unspecified atom stereocenters. The number of hydrogen-bond acceptors (Lipinski definition) is 3. The Labute approximate surface area is 76.5 Å². The van der Waals surface area contributed by atoms with Crippen molar-refractivity contribution in [3.8, 4) is 0 Å². The van der Waals surface area contributed by atoms with E-state index in [0.29, 0.717) is 6.61 Å². The Balaban J connectivity index is 3.84. The molecule has 0 aromatic rings. The van der Waals surface area contributed by atoms with Gasteiger partial charge in [-0.05, 0) is 0 Å². The zero-order valence-electron chi connectivity index (χ0n) is 8.13. The van der Waals surface area contributed by atoms with Gasteiger partial charge in [0.1, 0.15) is 5.41 Å². The lowest BCUT2D eigenvalue weighted by molar-refractivity contribution is -0.153. The fourth-order valence-electron chi connectivity index (χ4n) is 1.05. The molecule has 4 heteroatoms. The number of methoxy groups -OCH3 is 2. The normalized spacial score (nSPS) is 12.2. The van der Waals surface area contributed by atoms with Crippen LogP contribution in [0, 0.1) is 0 Å². The van der Waals surface area contributed by atoms with Gasteiger partial charge in [-0.3, -0.25) is 0 Å². The first-order valence-electron chi connectivity index (χ1n) is 4.07. The molecule has 0 saturated heterocycles. The average Bonchev–Trinajstić information content (AvgIpc) is 2.14. The third-order valence-corrected chi connectivity index (χ3v) is 4.01. The summed E-state index contributed by atoms with van der Waals surface area (Å²) < 4.78 is 15.6. The van der Waals surface area contributed by atoms with Gasteiger partial charge in [0.25, 0.3) is 0 Å². The van der Waals surface area contributed by atoms with Crippen molar-refractivity contribution in [2.24, 2.45) is 0 Å². The van der Waals surface area contributed by atoms with Gasteiger partial charge in [-0.25, -0.2) is 0 Å². The molecule has 0 bridgehead atoms. The molecule has 0 spiro atoms. The van der Waals surface area contributed by atoms with Crippen LogP contribution in [0.3, 0.4) is 0 Å². The van der Waals surface area contributed by atoms with E-state index in [1.165, 1.54) is 6.26 Å². The zero-order chi connectivity index (χ0) is 9.45. The summed E-state index contributed by atoms with van der Waals surface area (Å²) in [7, 11) is 2.98. The fourth-order valence-corrected chi connectivity index (χ4v) is 2.13. The molecule has 0 amide bonds. The van der Waals surface area contributed by atoms with Crippen LogP contribution in [0.15, 0.2) is 12.8 Å². The lowest BCUT2D eigenvalue weighted by Gasteiger charge is -2.29. The highest BCUT2D eigenvalue weighted by Crippen LogP contribution is 2.14. The van der Waals surface area contributed by atoms with Crippen LogP contribution in [-0.2, 0) is 14.2 Å². The first kappa shape index (κ1) is 11.7. The number of ether oxygens (including phenoxy) is 3. The molecule has 0 heterocycles. The molecule has 0 aromatic heterocycles. The molecule has 0 N–H and O–H groups in total. The summed E-state index contributed by atoms with van der Waals surface area (Å²) >= 11 is 0. The Morgan fingerprint density at radius 3 is 2.33 bits per heavy atom. The van der Waals surface area contributed by atoms with Crippen LogP contribution in [0.2, 0.25) is 6.55 Å². The van der Waals surface area contributed by atoms with Crippen molar-refractivity contribution in [1.29, 1.82) is 0 Å². The van der Waals surface area contributed by atoms with Gasteiger partial charge < -0.3 is 14.2 Å². The summed E-state index contributed by atoms with van der Waals surface area (Å²) in [6, 6.07) is 0. The first-order chi connectivity index (χ1) is 5.74. The van der Waals surface area contributed by atoms with Crippen LogP contribution in [0.25, 0.3) is 0 Å². The molecule has 0 aliphatic heterocycles. The summed E-state index contributed by atoms with van der Waals surface area (Å²) in [5.41, 5.74) is -0.358. The molecule has 72 valence electrons. The fraction of sp³-hybridized carbons (Fsp3) is 0.750. The number of rotatable bonds is 7. The lowest BCUT2D eigenvalue weighted by atomic mass is 10.4. The van der Waals surface area contributed by atoms with Crippen molar-refractivity contribution in [3.63, 3.8) is 0 Å². The quantitative estimate of drug-likeness (QED) is 0.256. The van der Waals surface area contributed by atoms with Crippen LogP contribution in [-0.4, -0.2) is 35.8 Å². The average molecular weight is 190 g/mol. The monoisotopic (exact) mass is 190 g/mol. The highest BCUT2D eigenvalue weighted by Gasteiger charge is 2.26. The Kier molecular flexibility index (Phi) is 6.05. The van der Waals surface area contributed by atoms with Gasteiger partial charge in [-0.2, -0.15) is 0 Å². The van der Waals surface area contributed by atoms with Gasteiger partial charge in [-0.1, -0.05) is 13.1 Å². The van der Waals surface area contributed by atoms with E-state index >= 15 is 0 Å². The molecule has 12 heavy (non-hydrogen) atoms. The Morgan fingerprint density at radius 2 is 2.00 bits per heavy atom.